The predicted octanol–water partition coefficient (Wildman–Crippen LogP) is 1.30. The van der Waals surface area contributed by atoms with Crippen molar-refractivity contribution in [2.45, 2.75) is 13.0 Å². The van der Waals surface area contributed by atoms with Crippen LogP contribution in [0.1, 0.15) is 28.2 Å². The number of methoxy groups -OCH3 is 1. The highest BCUT2D eigenvalue weighted by Gasteiger charge is 2.18. The van der Waals surface area contributed by atoms with Gasteiger partial charge in [0.1, 0.15) is 17.1 Å². The summed E-state index contributed by atoms with van der Waals surface area (Å²) in [5, 5.41) is 0. The number of hydrogen-bond donors (Lipinski definition) is 1. The van der Waals surface area contributed by atoms with Crippen LogP contribution in [0.5, 0.6) is 5.75 Å². The molecule has 0 aromatic carbocycles. The van der Waals surface area contributed by atoms with Crippen molar-refractivity contribution in [1.29, 1.82) is 0 Å². The number of aldehydes is 1. The number of aromatic nitrogens is 1. The third kappa shape index (κ3) is 2.27. The highest BCUT2D eigenvalue weighted by Crippen LogP contribution is 2.25. The van der Waals surface area contributed by atoms with Crippen molar-refractivity contribution < 1.29 is 18.3 Å². The Morgan fingerprint density at radius 1 is 1.67 bits per heavy atom. The Morgan fingerprint density at radius 2 is 2.33 bits per heavy atom. The van der Waals surface area contributed by atoms with Gasteiger partial charge in [-0.2, -0.15) is 0 Å². The summed E-state index contributed by atoms with van der Waals surface area (Å²) in [5.74, 6) is 0.148. The maximum Gasteiger partial charge on any atom is 0.280 e. The number of nitrogens with zero attached hydrogens (tertiary/aromatic N) is 1. The van der Waals surface area contributed by atoms with E-state index in [2.05, 4.69) is 4.98 Å². The van der Waals surface area contributed by atoms with Gasteiger partial charge in [-0.1, -0.05) is 0 Å². The summed E-state index contributed by atoms with van der Waals surface area (Å²) in [4.78, 5) is 14.1. The average molecular weight is 216 g/mol. The van der Waals surface area contributed by atoms with Crippen LogP contribution in [-0.2, 0) is 6.54 Å². The Morgan fingerprint density at radius 3 is 2.73 bits per heavy atom. The minimum atomic E-state index is -2.76. The Kier molecular flexibility index (Phi) is 3.68. The first-order valence-corrected chi connectivity index (χ1v) is 4.15. The van der Waals surface area contributed by atoms with Gasteiger partial charge in [0, 0.05) is 6.54 Å². The number of carbonyl (C=O) groups excluding carboxylic acids is 1. The van der Waals surface area contributed by atoms with Gasteiger partial charge < -0.3 is 10.5 Å². The minimum absolute atomic E-state index is 0.0812. The van der Waals surface area contributed by atoms with Crippen LogP contribution in [0, 0.1) is 0 Å². The Balaban J connectivity index is 3.33. The zero-order valence-corrected chi connectivity index (χ0v) is 8.04. The van der Waals surface area contributed by atoms with Crippen LogP contribution in [0.25, 0.3) is 0 Å². The van der Waals surface area contributed by atoms with E-state index in [0.717, 1.165) is 0 Å². The number of rotatable bonds is 4. The van der Waals surface area contributed by atoms with Crippen LogP contribution in [0.4, 0.5) is 8.78 Å². The van der Waals surface area contributed by atoms with Crippen molar-refractivity contribution in [2.24, 2.45) is 5.73 Å². The summed E-state index contributed by atoms with van der Waals surface area (Å²) in [6.07, 6.45) is -2.39. The van der Waals surface area contributed by atoms with Crippen molar-refractivity contribution in [3.05, 3.63) is 23.0 Å². The molecule has 1 heterocycles. The van der Waals surface area contributed by atoms with E-state index in [1.807, 2.05) is 0 Å². The highest BCUT2D eigenvalue weighted by molar-refractivity contribution is 5.76. The molecule has 0 unspecified atom stereocenters. The van der Waals surface area contributed by atoms with E-state index in [-0.39, 0.29) is 23.6 Å². The number of alkyl halides is 2. The monoisotopic (exact) mass is 216 g/mol. The molecule has 0 aliphatic rings. The van der Waals surface area contributed by atoms with Crippen LogP contribution in [0.2, 0.25) is 0 Å². The maximum absolute atomic E-state index is 12.5. The predicted molar refractivity (Wildman–Crippen MR) is 49.0 cm³/mol. The first-order chi connectivity index (χ1) is 7.13. The van der Waals surface area contributed by atoms with Gasteiger partial charge in [0.2, 0.25) is 0 Å². The molecule has 0 spiro atoms. The molecule has 0 radical (unpaired) electrons. The fourth-order valence-electron chi connectivity index (χ4n) is 1.16. The molecule has 2 N–H and O–H groups in total. The fourth-order valence-corrected chi connectivity index (χ4v) is 1.16. The van der Waals surface area contributed by atoms with E-state index in [1.165, 1.54) is 13.2 Å². The lowest BCUT2D eigenvalue weighted by Gasteiger charge is -2.10. The molecular formula is C9H10F2N2O2. The van der Waals surface area contributed by atoms with Crippen molar-refractivity contribution in [1.82, 2.24) is 4.98 Å². The Hall–Kier alpha value is -1.56. The molecule has 4 nitrogen and oxygen atoms in total. The second-order valence-corrected chi connectivity index (χ2v) is 2.74. The summed E-state index contributed by atoms with van der Waals surface area (Å²) >= 11 is 0. The summed E-state index contributed by atoms with van der Waals surface area (Å²) in [6.45, 7) is -0.0812. The smallest absolute Gasteiger partial charge is 0.280 e. The van der Waals surface area contributed by atoms with Gasteiger partial charge in [0.15, 0.2) is 6.29 Å². The minimum Gasteiger partial charge on any atom is -0.494 e. The van der Waals surface area contributed by atoms with Crippen molar-refractivity contribution in [3.63, 3.8) is 0 Å². The third-order valence-corrected chi connectivity index (χ3v) is 1.89. The van der Waals surface area contributed by atoms with Gasteiger partial charge in [-0.15, -0.1) is 0 Å². The van der Waals surface area contributed by atoms with Crippen LogP contribution in [-0.4, -0.2) is 18.4 Å². The van der Waals surface area contributed by atoms with E-state index in [0.29, 0.717) is 6.29 Å². The number of pyridine rings is 1. The average Bonchev–Trinajstić information content (AvgIpc) is 2.26. The van der Waals surface area contributed by atoms with Gasteiger partial charge in [-0.25, -0.2) is 13.8 Å². The summed E-state index contributed by atoms with van der Waals surface area (Å²) in [7, 11) is 1.33. The second-order valence-electron chi connectivity index (χ2n) is 2.74. The summed E-state index contributed by atoms with van der Waals surface area (Å²) < 4.78 is 29.8. The van der Waals surface area contributed by atoms with Gasteiger partial charge in [-0.05, 0) is 11.6 Å². The quantitative estimate of drug-likeness (QED) is 0.770. The normalized spacial score (nSPS) is 10.5. The summed E-state index contributed by atoms with van der Waals surface area (Å²) in [6, 6.07) is 1.30. The molecule has 0 atom stereocenters. The maximum atomic E-state index is 12.5. The molecule has 6 heteroatoms. The lowest BCUT2D eigenvalue weighted by Crippen LogP contribution is -2.08. The topological polar surface area (TPSA) is 65.2 Å². The summed E-state index contributed by atoms with van der Waals surface area (Å²) in [5.41, 5.74) is 4.84. The SMILES string of the molecule is COc1cc(CN)c(C(F)F)nc1C=O. The van der Waals surface area contributed by atoms with Gasteiger partial charge in [0.25, 0.3) is 6.43 Å². The molecule has 0 saturated carbocycles. The largest absolute Gasteiger partial charge is 0.494 e. The standard InChI is InChI=1S/C9H10F2N2O2/c1-15-7-2-5(3-12)8(9(10)11)13-6(7)4-14/h2,4,9H,3,12H2,1H3. The number of halogens is 2. The van der Waals surface area contributed by atoms with Crippen LogP contribution < -0.4 is 10.5 Å². The molecule has 1 aromatic heterocycles. The van der Waals surface area contributed by atoms with E-state index >= 15 is 0 Å². The Bertz CT molecular complexity index is 369. The molecule has 82 valence electrons. The van der Waals surface area contributed by atoms with Crippen LogP contribution in [0.3, 0.4) is 0 Å². The lowest BCUT2D eigenvalue weighted by atomic mass is 10.1. The number of nitrogens with two attached hydrogens (primary N) is 1. The zero-order chi connectivity index (χ0) is 11.4. The van der Waals surface area contributed by atoms with Crippen molar-refractivity contribution >= 4 is 6.29 Å². The molecular weight excluding hydrogens is 206 g/mol. The van der Waals surface area contributed by atoms with E-state index in [9.17, 15) is 13.6 Å². The van der Waals surface area contributed by atoms with Crippen molar-refractivity contribution in [2.75, 3.05) is 7.11 Å². The molecule has 1 rings (SSSR count). The van der Waals surface area contributed by atoms with E-state index in [1.54, 1.807) is 0 Å². The van der Waals surface area contributed by atoms with Crippen molar-refractivity contribution in [3.8, 4) is 5.75 Å². The van der Waals surface area contributed by atoms with Crippen LogP contribution >= 0.6 is 0 Å². The number of hydrogen-bond acceptors (Lipinski definition) is 4. The fraction of sp³-hybridized carbons (Fsp3) is 0.333. The Labute approximate surface area is 85.1 Å². The molecule has 0 fully saturated rings. The first-order valence-electron chi connectivity index (χ1n) is 4.15. The van der Waals surface area contributed by atoms with Gasteiger partial charge in [-0.3, -0.25) is 4.79 Å². The number of ether oxygens (including phenoxy) is 1. The van der Waals surface area contributed by atoms with Gasteiger partial charge in [0.05, 0.1) is 7.11 Å². The molecule has 15 heavy (non-hydrogen) atoms. The number of carbonyl (C=O) groups is 1. The lowest BCUT2D eigenvalue weighted by molar-refractivity contribution is 0.111. The van der Waals surface area contributed by atoms with E-state index < -0.39 is 12.1 Å². The van der Waals surface area contributed by atoms with E-state index in [4.69, 9.17) is 10.5 Å². The van der Waals surface area contributed by atoms with Crippen LogP contribution in [0.15, 0.2) is 6.07 Å². The molecule has 0 aliphatic heterocycles. The molecule has 0 bridgehead atoms. The third-order valence-electron chi connectivity index (χ3n) is 1.89. The zero-order valence-electron chi connectivity index (χ0n) is 8.04. The molecule has 0 aliphatic carbocycles. The molecule has 1 aromatic rings. The highest BCUT2D eigenvalue weighted by atomic mass is 19.3. The second kappa shape index (κ2) is 4.79. The molecule has 0 amide bonds. The molecule has 0 saturated heterocycles. The first kappa shape index (κ1) is 11.5. The van der Waals surface area contributed by atoms with Gasteiger partial charge >= 0.3 is 0 Å².